The fourth-order valence-corrected chi connectivity index (χ4v) is 3.18. The van der Waals surface area contributed by atoms with Gasteiger partial charge in [0.1, 0.15) is 5.82 Å². The lowest BCUT2D eigenvalue weighted by molar-refractivity contribution is 0.594. The van der Waals surface area contributed by atoms with Gasteiger partial charge in [0.05, 0.1) is 16.4 Å². The first-order valence-electron chi connectivity index (χ1n) is 5.59. The van der Waals surface area contributed by atoms with Crippen molar-refractivity contribution in [2.75, 3.05) is 11.8 Å². The monoisotopic (exact) mass is 362 g/mol. The maximum Gasteiger partial charge on any atom is 0.279 e. The Balaban J connectivity index is 2.30. The molecule has 3 N–H and O–H groups in total. The minimum Gasteiger partial charge on any atom is -0.316 e. The van der Waals surface area contributed by atoms with Crippen LogP contribution in [0.1, 0.15) is 5.56 Å². The number of nitrogens with one attached hydrogen (secondary N) is 3. The number of rotatable bonds is 5. The maximum atomic E-state index is 13.1. The quantitative estimate of drug-likeness (QED) is 0.757. The van der Waals surface area contributed by atoms with Crippen molar-refractivity contribution >= 4 is 31.6 Å². The number of benzene rings is 1. The van der Waals surface area contributed by atoms with Crippen LogP contribution in [0.15, 0.2) is 33.9 Å². The van der Waals surface area contributed by atoms with E-state index in [-0.39, 0.29) is 15.2 Å². The van der Waals surface area contributed by atoms with Gasteiger partial charge in [-0.05, 0) is 41.2 Å². The molecule has 1 aromatic carbocycles. The van der Waals surface area contributed by atoms with Crippen LogP contribution in [0.2, 0.25) is 0 Å². The molecule has 0 aliphatic carbocycles. The average molecular weight is 363 g/mol. The Hall–Kier alpha value is -1.45. The van der Waals surface area contributed by atoms with Gasteiger partial charge in [0, 0.05) is 12.1 Å². The summed E-state index contributed by atoms with van der Waals surface area (Å²) in [5.41, 5.74) is 0.768. The van der Waals surface area contributed by atoms with Crippen LogP contribution in [-0.4, -0.2) is 25.7 Å². The van der Waals surface area contributed by atoms with Gasteiger partial charge < -0.3 is 5.32 Å². The van der Waals surface area contributed by atoms with E-state index in [1.807, 2.05) is 0 Å². The van der Waals surface area contributed by atoms with E-state index in [0.29, 0.717) is 12.1 Å². The smallest absolute Gasteiger partial charge is 0.279 e. The van der Waals surface area contributed by atoms with E-state index in [1.165, 1.54) is 24.4 Å². The molecule has 2 aromatic rings. The second-order valence-electron chi connectivity index (χ2n) is 3.99. The number of hydrogen-bond acceptors (Lipinski definition) is 4. The Kier molecular flexibility index (Phi) is 4.41. The fraction of sp³-hybridized carbons (Fsp3) is 0.182. The van der Waals surface area contributed by atoms with Crippen molar-refractivity contribution in [1.82, 2.24) is 15.5 Å². The molecule has 0 saturated carbocycles. The topological polar surface area (TPSA) is 86.9 Å². The predicted octanol–water partition coefficient (Wildman–Crippen LogP) is 1.83. The number of hydrogen-bond donors (Lipinski definition) is 3. The second kappa shape index (κ2) is 5.90. The van der Waals surface area contributed by atoms with Gasteiger partial charge in [0.15, 0.2) is 5.03 Å². The van der Waals surface area contributed by atoms with E-state index in [4.69, 9.17) is 0 Å². The Morgan fingerprint density at radius 1 is 1.45 bits per heavy atom. The van der Waals surface area contributed by atoms with Crippen molar-refractivity contribution in [3.05, 3.63) is 40.2 Å². The molecule has 0 fully saturated rings. The zero-order chi connectivity index (χ0) is 14.8. The molecule has 0 aliphatic heterocycles. The van der Waals surface area contributed by atoms with Gasteiger partial charge in [0.25, 0.3) is 10.0 Å². The highest BCUT2D eigenvalue weighted by molar-refractivity contribution is 9.10. The van der Waals surface area contributed by atoms with Gasteiger partial charge in [-0.2, -0.15) is 13.5 Å². The van der Waals surface area contributed by atoms with Crippen molar-refractivity contribution < 1.29 is 12.8 Å². The molecule has 20 heavy (non-hydrogen) atoms. The summed E-state index contributed by atoms with van der Waals surface area (Å²) in [6, 6.07) is 3.86. The van der Waals surface area contributed by atoms with E-state index < -0.39 is 15.8 Å². The number of H-pyrrole nitrogens is 1. The minimum atomic E-state index is -3.80. The minimum absolute atomic E-state index is 0.0210. The molecule has 0 radical (unpaired) electrons. The third-order valence-corrected chi connectivity index (χ3v) is 4.49. The van der Waals surface area contributed by atoms with Gasteiger partial charge >= 0.3 is 0 Å². The van der Waals surface area contributed by atoms with Gasteiger partial charge in [-0.1, -0.05) is 0 Å². The van der Waals surface area contributed by atoms with Crippen LogP contribution in [0, 0.1) is 5.82 Å². The number of halogens is 2. The highest BCUT2D eigenvalue weighted by Crippen LogP contribution is 2.23. The number of aromatic amines is 1. The molecule has 0 aliphatic rings. The standard InChI is InChI=1S/C11H12BrFN4O2S/c1-14-5-7-6-15-16-11(7)20(18,19)17-8-2-3-10(13)9(12)4-8/h2-4,6,14,17H,5H2,1H3,(H,15,16). The molecule has 6 nitrogen and oxygen atoms in total. The first-order chi connectivity index (χ1) is 9.44. The Morgan fingerprint density at radius 3 is 2.85 bits per heavy atom. The van der Waals surface area contributed by atoms with E-state index in [9.17, 15) is 12.8 Å². The summed E-state index contributed by atoms with van der Waals surface area (Å²) in [5, 5.41) is 9.01. The lowest BCUT2D eigenvalue weighted by atomic mass is 10.3. The van der Waals surface area contributed by atoms with E-state index in [0.717, 1.165) is 0 Å². The zero-order valence-electron chi connectivity index (χ0n) is 10.4. The van der Waals surface area contributed by atoms with E-state index >= 15 is 0 Å². The molecule has 1 aromatic heterocycles. The van der Waals surface area contributed by atoms with Crippen LogP contribution in [0.5, 0.6) is 0 Å². The molecule has 0 amide bonds. The fourth-order valence-electron chi connectivity index (χ4n) is 1.61. The maximum absolute atomic E-state index is 13.1. The van der Waals surface area contributed by atoms with E-state index in [2.05, 4.69) is 36.2 Å². The van der Waals surface area contributed by atoms with Crippen LogP contribution in [-0.2, 0) is 16.6 Å². The lowest BCUT2D eigenvalue weighted by Crippen LogP contribution is -2.17. The zero-order valence-corrected chi connectivity index (χ0v) is 12.8. The van der Waals surface area contributed by atoms with Gasteiger partial charge in [0.2, 0.25) is 0 Å². The van der Waals surface area contributed by atoms with Crippen LogP contribution >= 0.6 is 15.9 Å². The van der Waals surface area contributed by atoms with Crippen LogP contribution in [0.4, 0.5) is 10.1 Å². The Morgan fingerprint density at radius 2 is 2.20 bits per heavy atom. The molecule has 0 bridgehead atoms. The molecule has 1 heterocycles. The van der Waals surface area contributed by atoms with Crippen molar-refractivity contribution in [1.29, 1.82) is 0 Å². The number of nitrogens with zero attached hydrogens (tertiary/aromatic N) is 1. The van der Waals surface area contributed by atoms with Crippen LogP contribution in [0.3, 0.4) is 0 Å². The normalized spacial score (nSPS) is 11.6. The van der Waals surface area contributed by atoms with Crippen LogP contribution < -0.4 is 10.0 Å². The number of anilines is 1. The molecule has 0 atom stereocenters. The summed E-state index contributed by atoms with van der Waals surface area (Å²) in [6.45, 7) is 0.361. The molecule has 0 unspecified atom stereocenters. The summed E-state index contributed by atoms with van der Waals surface area (Å²) < 4.78 is 40.1. The average Bonchev–Trinajstić information content (AvgIpc) is 2.83. The molecular weight excluding hydrogens is 351 g/mol. The largest absolute Gasteiger partial charge is 0.316 e. The molecular formula is C11H12BrFN4O2S. The predicted molar refractivity (Wildman–Crippen MR) is 76.3 cm³/mol. The van der Waals surface area contributed by atoms with Crippen molar-refractivity contribution in [2.45, 2.75) is 11.6 Å². The van der Waals surface area contributed by atoms with Crippen molar-refractivity contribution in [3.63, 3.8) is 0 Å². The summed E-state index contributed by atoms with van der Waals surface area (Å²) >= 11 is 3.00. The summed E-state index contributed by atoms with van der Waals surface area (Å²) in [6.07, 6.45) is 1.44. The lowest BCUT2D eigenvalue weighted by Gasteiger charge is -2.08. The third-order valence-electron chi connectivity index (χ3n) is 2.49. The first-order valence-corrected chi connectivity index (χ1v) is 7.86. The Bertz CT molecular complexity index is 717. The highest BCUT2D eigenvalue weighted by atomic mass is 79.9. The summed E-state index contributed by atoms with van der Waals surface area (Å²) in [4.78, 5) is 0. The van der Waals surface area contributed by atoms with E-state index in [1.54, 1.807) is 7.05 Å². The van der Waals surface area contributed by atoms with Crippen molar-refractivity contribution in [3.8, 4) is 0 Å². The summed E-state index contributed by atoms with van der Waals surface area (Å²) in [7, 11) is -2.10. The molecule has 9 heteroatoms. The van der Waals surface area contributed by atoms with Gasteiger partial charge in [-0.3, -0.25) is 9.82 Å². The molecule has 2 rings (SSSR count). The molecule has 0 spiro atoms. The Labute approximate surface area is 124 Å². The first kappa shape index (κ1) is 14.9. The van der Waals surface area contributed by atoms with Crippen LogP contribution in [0.25, 0.3) is 0 Å². The van der Waals surface area contributed by atoms with Crippen molar-refractivity contribution in [2.24, 2.45) is 0 Å². The highest BCUT2D eigenvalue weighted by Gasteiger charge is 2.20. The number of sulfonamides is 1. The second-order valence-corrected chi connectivity index (χ2v) is 6.46. The third kappa shape index (κ3) is 3.17. The molecule has 108 valence electrons. The van der Waals surface area contributed by atoms with Gasteiger partial charge in [-0.25, -0.2) is 4.39 Å². The summed E-state index contributed by atoms with van der Waals surface area (Å²) in [5.74, 6) is -0.467. The number of aromatic nitrogens is 2. The SMILES string of the molecule is CNCc1cn[nH]c1S(=O)(=O)Nc1ccc(F)c(Br)c1. The van der Waals surface area contributed by atoms with Gasteiger partial charge in [-0.15, -0.1) is 0 Å². The molecule has 0 saturated heterocycles.